The van der Waals surface area contributed by atoms with Gasteiger partial charge in [0.15, 0.2) is 0 Å². The van der Waals surface area contributed by atoms with Crippen molar-refractivity contribution in [1.29, 1.82) is 0 Å². The molecule has 2 N–H and O–H groups in total. The van der Waals surface area contributed by atoms with Crippen LogP contribution in [0.1, 0.15) is 39.0 Å². The number of amides is 2. The number of hydrogen-bond donors (Lipinski definition) is 2. The molecule has 2 bridgehead atoms. The highest BCUT2D eigenvalue weighted by Crippen LogP contribution is 2.42. The Morgan fingerprint density at radius 3 is 2.67 bits per heavy atom. The molecule has 3 aliphatic rings. The van der Waals surface area contributed by atoms with Crippen LogP contribution in [-0.4, -0.2) is 40.1 Å². The maximum Gasteiger partial charge on any atom is 0.318 e. The van der Waals surface area contributed by atoms with Gasteiger partial charge in [-0.15, -0.1) is 0 Å². The van der Waals surface area contributed by atoms with Crippen molar-refractivity contribution in [2.45, 2.75) is 57.2 Å². The van der Waals surface area contributed by atoms with Gasteiger partial charge < -0.3 is 15.3 Å². The number of rotatable bonds is 3. The molecule has 0 spiro atoms. The number of fused-ring (bicyclic) bond motifs is 2. The highest BCUT2D eigenvalue weighted by molar-refractivity contribution is 5.79. The average Bonchev–Trinajstić information content (AvgIpc) is 2.83. The van der Waals surface area contributed by atoms with E-state index >= 15 is 0 Å². The third-order valence-corrected chi connectivity index (χ3v) is 4.84. The second kappa shape index (κ2) is 4.14. The van der Waals surface area contributed by atoms with E-state index in [2.05, 4.69) is 12.2 Å². The molecule has 18 heavy (non-hydrogen) atoms. The van der Waals surface area contributed by atoms with Crippen LogP contribution in [-0.2, 0) is 4.79 Å². The lowest BCUT2D eigenvalue weighted by Gasteiger charge is -2.23. The highest BCUT2D eigenvalue weighted by Gasteiger charge is 2.52. The van der Waals surface area contributed by atoms with Crippen molar-refractivity contribution in [1.82, 2.24) is 10.2 Å². The largest absolute Gasteiger partial charge is 0.481 e. The topological polar surface area (TPSA) is 69.6 Å². The number of nitrogens with zero attached hydrogens (tertiary/aromatic N) is 1. The van der Waals surface area contributed by atoms with E-state index in [4.69, 9.17) is 5.11 Å². The zero-order valence-corrected chi connectivity index (χ0v) is 10.6. The minimum atomic E-state index is -0.752. The van der Waals surface area contributed by atoms with Crippen LogP contribution < -0.4 is 5.32 Å². The zero-order chi connectivity index (χ0) is 12.9. The van der Waals surface area contributed by atoms with Gasteiger partial charge in [0.1, 0.15) is 0 Å². The van der Waals surface area contributed by atoms with Crippen LogP contribution in [0.5, 0.6) is 0 Å². The summed E-state index contributed by atoms with van der Waals surface area (Å²) in [5.74, 6) is -0.474. The van der Waals surface area contributed by atoms with E-state index in [-0.39, 0.29) is 24.0 Å². The van der Waals surface area contributed by atoms with Crippen molar-refractivity contribution in [3.8, 4) is 0 Å². The lowest BCUT2D eigenvalue weighted by molar-refractivity contribution is -0.142. The van der Waals surface area contributed by atoms with Crippen molar-refractivity contribution < 1.29 is 14.7 Å². The van der Waals surface area contributed by atoms with E-state index in [0.717, 1.165) is 25.7 Å². The lowest BCUT2D eigenvalue weighted by Crippen LogP contribution is -2.45. The first-order valence-electron chi connectivity index (χ1n) is 6.93. The second-order valence-electron chi connectivity index (χ2n) is 5.85. The summed E-state index contributed by atoms with van der Waals surface area (Å²) in [5.41, 5.74) is 0. The Morgan fingerprint density at radius 2 is 2.11 bits per heavy atom. The van der Waals surface area contributed by atoms with Gasteiger partial charge in [0.2, 0.25) is 0 Å². The third-order valence-electron chi connectivity index (χ3n) is 4.84. The van der Waals surface area contributed by atoms with Gasteiger partial charge in [-0.3, -0.25) is 4.79 Å². The Labute approximate surface area is 107 Å². The van der Waals surface area contributed by atoms with E-state index in [9.17, 15) is 9.59 Å². The molecule has 3 rings (SSSR count). The molecule has 2 heterocycles. The Bertz CT molecular complexity index is 384. The number of aliphatic carboxylic acids is 1. The molecule has 0 radical (unpaired) electrons. The molecule has 5 unspecified atom stereocenters. The van der Waals surface area contributed by atoms with Crippen LogP contribution in [0.25, 0.3) is 0 Å². The smallest absolute Gasteiger partial charge is 0.318 e. The standard InChI is InChI=1S/C13H20N2O3/c1-2-7-5-10(7)14-13(18)15-8-3-4-11(15)9(6-8)12(16)17/h7-11H,2-6H2,1H3,(H,14,18)(H,16,17). The monoisotopic (exact) mass is 252 g/mol. The van der Waals surface area contributed by atoms with Gasteiger partial charge in [-0.25, -0.2) is 4.79 Å². The Morgan fingerprint density at radius 1 is 1.33 bits per heavy atom. The molecular formula is C13H20N2O3. The van der Waals surface area contributed by atoms with Gasteiger partial charge in [-0.1, -0.05) is 13.3 Å². The Kier molecular flexibility index (Phi) is 2.72. The van der Waals surface area contributed by atoms with Crippen molar-refractivity contribution in [3.05, 3.63) is 0 Å². The molecule has 5 heteroatoms. The summed E-state index contributed by atoms with van der Waals surface area (Å²) in [5, 5.41) is 12.2. The molecule has 3 fully saturated rings. The molecule has 5 nitrogen and oxygen atoms in total. The van der Waals surface area contributed by atoms with E-state index in [0.29, 0.717) is 18.4 Å². The van der Waals surface area contributed by atoms with Gasteiger partial charge in [-0.2, -0.15) is 0 Å². The predicted octanol–water partition coefficient (Wildman–Crippen LogP) is 1.43. The zero-order valence-electron chi connectivity index (χ0n) is 10.6. The number of carbonyl (C=O) groups excluding carboxylic acids is 1. The number of nitrogens with one attached hydrogen (secondary N) is 1. The number of urea groups is 1. The SMILES string of the molecule is CCC1CC1NC(=O)N1C2CCC1C(C(=O)O)C2. The molecule has 100 valence electrons. The van der Waals surface area contributed by atoms with Crippen molar-refractivity contribution in [2.75, 3.05) is 0 Å². The number of carboxylic acids is 1. The third kappa shape index (κ3) is 1.76. The van der Waals surface area contributed by atoms with Gasteiger partial charge in [-0.05, 0) is 31.6 Å². The second-order valence-corrected chi connectivity index (χ2v) is 5.85. The molecule has 1 saturated carbocycles. The first-order chi connectivity index (χ1) is 8.61. The summed E-state index contributed by atoms with van der Waals surface area (Å²) in [6, 6.07) is 0.360. The quantitative estimate of drug-likeness (QED) is 0.798. The normalized spacial score (nSPS) is 40.9. The van der Waals surface area contributed by atoms with Crippen LogP contribution in [0.2, 0.25) is 0 Å². The van der Waals surface area contributed by atoms with Crippen LogP contribution in [0.3, 0.4) is 0 Å². The maximum atomic E-state index is 12.2. The number of hydrogen-bond acceptors (Lipinski definition) is 2. The maximum absolute atomic E-state index is 12.2. The summed E-state index contributed by atoms with van der Waals surface area (Å²) in [6.07, 6.45) is 4.62. The highest BCUT2D eigenvalue weighted by atomic mass is 16.4. The van der Waals surface area contributed by atoms with Crippen LogP contribution >= 0.6 is 0 Å². The molecule has 0 aromatic rings. The minimum Gasteiger partial charge on any atom is -0.481 e. The van der Waals surface area contributed by atoms with Crippen LogP contribution in [0, 0.1) is 11.8 Å². The summed E-state index contributed by atoms with van der Waals surface area (Å²) >= 11 is 0. The molecule has 2 aliphatic heterocycles. The summed E-state index contributed by atoms with van der Waals surface area (Å²) < 4.78 is 0. The van der Waals surface area contributed by atoms with Gasteiger partial charge in [0.05, 0.1) is 5.92 Å². The van der Waals surface area contributed by atoms with Crippen molar-refractivity contribution >= 4 is 12.0 Å². The Hall–Kier alpha value is -1.26. The molecule has 0 aromatic heterocycles. The Balaban J connectivity index is 1.63. The minimum absolute atomic E-state index is 0.0350. The fourth-order valence-corrected chi connectivity index (χ4v) is 3.68. The molecule has 2 amide bonds. The van der Waals surface area contributed by atoms with Crippen molar-refractivity contribution in [2.24, 2.45) is 11.8 Å². The number of carboxylic acid groups (broad SMARTS) is 1. The summed E-state index contributed by atoms with van der Waals surface area (Å²) in [6.45, 7) is 2.14. The predicted molar refractivity (Wildman–Crippen MR) is 65.1 cm³/mol. The molecule has 5 atom stereocenters. The molecule has 1 aliphatic carbocycles. The van der Waals surface area contributed by atoms with E-state index in [1.54, 1.807) is 0 Å². The molecule has 0 aromatic carbocycles. The van der Waals surface area contributed by atoms with Gasteiger partial charge >= 0.3 is 12.0 Å². The van der Waals surface area contributed by atoms with Crippen LogP contribution in [0.4, 0.5) is 4.79 Å². The first kappa shape index (κ1) is 11.8. The summed E-state index contributed by atoms with van der Waals surface area (Å²) in [4.78, 5) is 25.2. The lowest BCUT2D eigenvalue weighted by atomic mass is 9.89. The molecular weight excluding hydrogens is 232 g/mol. The summed E-state index contributed by atoms with van der Waals surface area (Å²) in [7, 11) is 0. The average molecular weight is 252 g/mol. The first-order valence-corrected chi connectivity index (χ1v) is 6.93. The van der Waals surface area contributed by atoms with Gasteiger partial charge in [0.25, 0.3) is 0 Å². The fraction of sp³-hybridized carbons (Fsp3) is 0.846. The van der Waals surface area contributed by atoms with Gasteiger partial charge in [0, 0.05) is 18.1 Å². The van der Waals surface area contributed by atoms with Crippen LogP contribution in [0.15, 0.2) is 0 Å². The number of carbonyl (C=O) groups is 2. The molecule has 2 saturated heterocycles. The van der Waals surface area contributed by atoms with E-state index in [1.165, 1.54) is 0 Å². The van der Waals surface area contributed by atoms with E-state index < -0.39 is 5.97 Å². The van der Waals surface area contributed by atoms with Crippen molar-refractivity contribution in [3.63, 3.8) is 0 Å². The van der Waals surface area contributed by atoms with E-state index in [1.807, 2.05) is 4.90 Å². The fourth-order valence-electron chi connectivity index (χ4n) is 3.68.